The smallest absolute Gasteiger partial charge is 0.255 e. The molecule has 0 radical (unpaired) electrons. The Morgan fingerprint density at radius 2 is 1.22 bits per heavy atom. The summed E-state index contributed by atoms with van der Waals surface area (Å²) in [5.41, 5.74) is 15.2. The molecule has 0 aromatic heterocycles. The summed E-state index contributed by atoms with van der Waals surface area (Å²) in [6.07, 6.45) is 2.57. The van der Waals surface area contributed by atoms with Crippen LogP contribution in [0.1, 0.15) is 85.3 Å². The van der Waals surface area contributed by atoms with Crippen molar-refractivity contribution in [1.29, 1.82) is 10.5 Å². The van der Waals surface area contributed by atoms with Gasteiger partial charge in [-0.1, -0.05) is 48.5 Å². The zero-order chi connectivity index (χ0) is 31.1. The van der Waals surface area contributed by atoms with Crippen LogP contribution in [0.2, 0.25) is 0 Å². The summed E-state index contributed by atoms with van der Waals surface area (Å²) < 4.78 is 0. The van der Waals surface area contributed by atoms with Crippen LogP contribution in [0.3, 0.4) is 0 Å². The molecule has 0 bridgehead atoms. The summed E-state index contributed by atoms with van der Waals surface area (Å²) in [5, 5.41) is 24.0. The molecule has 0 spiro atoms. The van der Waals surface area contributed by atoms with E-state index in [2.05, 4.69) is 38.6 Å². The number of nitrogens with one attached hydrogen (secondary N) is 2. The average molecular weight is 594 g/mol. The van der Waals surface area contributed by atoms with E-state index in [9.17, 15) is 9.59 Å². The van der Waals surface area contributed by atoms with Gasteiger partial charge >= 0.3 is 0 Å². The first kappa shape index (κ1) is 28.1. The minimum Gasteiger partial charge on any atom is -0.347 e. The molecule has 4 N–H and O–H groups in total. The molecular weight excluding hydrogens is 562 g/mol. The van der Waals surface area contributed by atoms with Crippen molar-refractivity contribution in [1.82, 2.24) is 10.6 Å². The van der Waals surface area contributed by atoms with Crippen molar-refractivity contribution in [3.8, 4) is 12.1 Å². The number of hydrogen-bond acceptors (Lipinski definition) is 7. The van der Waals surface area contributed by atoms with E-state index >= 15 is 0 Å². The van der Waals surface area contributed by atoms with Gasteiger partial charge in [-0.15, -0.1) is 0 Å². The normalized spacial score (nSPS) is 20.6. The van der Waals surface area contributed by atoms with Gasteiger partial charge in [-0.05, 0) is 77.9 Å². The third-order valence-corrected chi connectivity index (χ3v) is 9.05. The van der Waals surface area contributed by atoms with Gasteiger partial charge in [0.05, 0.1) is 45.8 Å². The summed E-state index contributed by atoms with van der Waals surface area (Å²) >= 11 is 0. The third-order valence-electron chi connectivity index (χ3n) is 9.05. The summed E-state index contributed by atoms with van der Waals surface area (Å²) in [6.45, 7) is 1.71. The van der Waals surface area contributed by atoms with Crippen LogP contribution in [0.25, 0.3) is 0 Å². The largest absolute Gasteiger partial charge is 0.347 e. The number of aryl methyl sites for hydroxylation is 1. The summed E-state index contributed by atoms with van der Waals surface area (Å²) in [5.74, 6) is -0.106. The number of nitriles is 2. The highest BCUT2D eigenvalue weighted by Gasteiger charge is 2.37. The molecule has 4 aromatic rings. The molecule has 8 rings (SSSR count). The number of amides is 2. The minimum absolute atomic E-state index is 0.0237. The number of carbonyl (C=O) groups excluding carboxylic acids is 2. The van der Waals surface area contributed by atoms with Gasteiger partial charge in [0, 0.05) is 19.1 Å². The standard InChI is InChI=1S/C18H16N4O.C18H15N3O/c19-10-11-4-6-12(7-5-11)17-21-18(23)14-3-1-2-13-15(20)8-9-22(17)16(13)14;19-11-12-6-8-14(9-7-12)17-20-18(22)15-5-1-3-13-4-2-10-21(17)16(13)15/h1-7,15,17H,8-9,20H2,(H,21,23);1,3,5-9,17H,2,4,10H2,(H,20,22)/t15-,17-;17-/m01/s1. The lowest BCUT2D eigenvalue weighted by molar-refractivity contribution is 0.0917. The highest BCUT2D eigenvalue weighted by molar-refractivity contribution is 6.03. The van der Waals surface area contributed by atoms with E-state index in [1.807, 2.05) is 54.6 Å². The molecule has 0 fully saturated rings. The molecule has 0 aliphatic carbocycles. The lowest BCUT2D eigenvalue weighted by Crippen LogP contribution is -2.49. The Balaban J connectivity index is 0.000000145. The highest BCUT2D eigenvalue weighted by Crippen LogP contribution is 2.42. The second-order valence-corrected chi connectivity index (χ2v) is 11.7. The van der Waals surface area contributed by atoms with Crippen molar-refractivity contribution in [2.24, 2.45) is 5.73 Å². The molecule has 4 heterocycles. The van der Waals surface area contributed by atoms with Gasteiger partial charge in [-0.3, -0.25) is 9.59 Å². The fourth-order valence-electron chi connectivity index (χ4n) is 6.86. The predicted molar refractivity (Wildman–Crippen MR) is 170 cm³/mol. The topological polar surface area (TPSA) is 138 Å². The predicted octanol–water partition coefficient (Wildman–Crippen LogP) is 4.96. The van der Waals surface area contributed by atoms with E-state index < -0.39 is 0 Å². The molecule has 0 saturated carbocycles. The second kappa shape index (κ2) is 11.5. The van der Waals surface area contributed by atoms with Gasteiger partial charge in [-0.25, -0.2) is 0 Å². The monoisotopic (exact) mass is 593 g/mol. The molecule has 4 aliphatic rings. The van der Waals surface area contributed by atoms with Gasteiger partial charge in [-0.2, -0.15) is 10.5 Å². The number of carbonyl (C=O) groups is 2. The minimum atomic E-state index is -0.226. The number of nitrogens with two attached hydrogens (primary N) is 1. The Kier molecular flexibility index (Phi) is 7.17. The molecule has 0 unspecified atom stereocenters. The first-order valence-electron chi connectivity index (χ1n) is 15.1. The van der Waals surface area contributed by atoms with Crippen LogP contribution in [0.4, 0.5) is 11.4 Å². The van der Waals surface area contributed by atoms with Crippen molar-refractivity contribution in [3.63, 3.8) is 0 Å². The Morgan fingerprint density at radius 3 is 1.80 bits per heavy atom. The lowest BCUT2D eigenvalue weighted by Gasteiger charge is -2.44. The maximum atomic E-state index is 12.5. The Labute approximate surface area is 261 Å². The first-order valence-corrected chi connectivity index (χ1v) is 15.1. The quantitative estimate of drug-likeness (QED) is 0.299. The van der Waals surface area contributed by atoms with E-state index in [0.717, 1.165) is 66.0 Å². The lowest BCUT2D eigenvalue weighted by atomic mass is 9.90. The molecule has 3 atom stereocenters. The Morgan fingerprint density at radius 1 is 0.689 bits per heavy atom. The van der Waals surface area contributed by atoms with Gasteiger partial charge < -0.3 is 26.2 Å². The van der Waals surface area contributed by atoms with Crippen molar-refractivity contribution in [2.75, 3.05) is 22.9 Å². The number of benzene rings is 4. The number of para-hydroxylation sites is 2. The maximum Gasteiger partial charge on any atom is 0.255 e. The molecule has 2 amide bonds. The maximum absolute atomic E-state index is 12.5. The van der Waals surface area contributed by atoms with Gasteiger partial charge in [0.25, 0.3) is 11.8 Å². The number of nitrogens with zero attached hydrogens (tertiary/aromatic N) is 4. The van der Waals surface area contributed by atoms with Gasteiger partial charge in [0.2, 0.25) is 0 Å². The second-order valence-electron chi connectivity index (χ2n) is 11.7. The SMILES string of the molecule is N#Cc1ccc([C@@H]2NC(=O)c3cccc4c3N2CCC4)cc1.N#Cc1ccc([C@H]2NC(=O)c3cccc4c3N2CC[C@@H]4N)cc1. The third kappa shape index (κ3) is 4.94. The van der Waals surface area contributed by atoms with E-state index in [4.69, 9.17) is 16.3 Å². The Hall–Kier alpha value is -5.64. The molecule has 4 aromatic carbocycles. The van der Waals surface area contributed by atoms with Crippen molar-refractivity contribution in [3.05, 3.63) is 129 Å². The van der Waals surface area contributed by atoms with Crippen LogP contribution in [0, 0.1) is 22.7 Å². The van der Waals surface area contributed by atoms with E-state index in [0.29, 0.717) is 16.7 Å². The van der Waals surface area contributed by atoms with Gasteiger partial charge in [0.1, 0.15) is 12.3 Å². The van der Waals surface area contributed by atoms with Gasteiger partial charge in [0.15, 0.2) is 0 Å². The highest BCUT2D eigenvalue weighted by atomic mass is 16.2. The molecular formula is C36H31N7O2. The number of hydrogen-bond donors (Lipinski definition) is 3. The van der Waals surface area contributed by atoms with Crippen molar-refractivity contribution >= 4 is 23.2 Å². The molecule has 222 valence electrons. The zero-order valence-electron chi connectivity index (χ0n) is 24.5. The molecule has 45 heavy (non-hydrogen) atoms. The van der Waals surface area contributed by atoms with Crippen LogP contribution < -0.4 is 26.2 Å². The van der Waals surface area contributed by atoms with Crippen LogP contribution in [-0.2, 0) is 6.42 Å². The summed E-state index contributed by atoms with van der Waals surface area (Å²) in [4.78, 5) is 29.4. The fourth-order valence-corrected chi connectivity index (χ4v) is 6.86. The summed E-state index contributed by atoms with van der Waals surface area (Å²) in [6, 6.07) is 30.7. The van der Waals surface area contributed by atoms with Crippen molar-refractivity contribution in [2.45, 2.75) is 37.6 Å². The van der Waals surface area contributed by atoms with E-state index in [-0.39, 0.29) is 30.2 Å². The molecule has 4 aliphatic heterocycles. The average Bonchev–Trinajstić information content (AvgIpc) is 3.09. The molecule has 9 heteroatoms. The molecule has 9 nitrogen and oxygen atoms in total. The zero-order valence-corrected chi connectivity index (χ0v) is 24.5. The van der Waals surface area contributed by atoms with Crippen LogP contribution in [0.5, 0.6) is 0 Å². The summed E-state index contributed by atoms with van der Waals surface area (Å²) in [7, 11) is 0. The molecule has 0 saturated heterocycles. The Bertz CT molecular complexity index is 1890. The van der Waals surface area contributed by atoms with Crippen LogP contribution >= 0.6 is 0 Å². The van der Waals surface area contributed by atoms with E-state index in [1.54, 1.807) is 24.3 Å². The van der Waals surface area contributed by atoms with Crippen LogP contribution in [-0.4, -0.2) is 24.9 Å². The first-order chi connectivity index (χ1) is 22.0. The van der Waals surface area contributed by atoms with E-state index in [1.165, 1.54) is 5.56 Å². The van der Waals surface area contributed by atoms with Crippen LogP contribution in [0.15, 0.2) is 84.9 Å². The number of rotatable bonds is 2. The fraction of sp³-hybridized carbons (Fsp3) is 0.222. The van der Waals surface area contributed by atoms with Crippen molar-refractivity contribution < 1.29 is 9.59 Å². The number of anilines is 2.